The Hall–Kier alpha value is -3.48. The minimum Gasteiger partial charge on any atom is -0.441 e. The van der Waals surface area contributed by atoms with Crippen LogP contribution in [0, 0.1) is 12.7 Å². The number of anilines is 2. The number of halogens is 1. The van der Waals surface area contributed by atoms with Crippen LogP contribution in [0.5, 0.6) is 0 Å². The third-order valence-corrected chi connectivity index (χ3v) is 5.00. The highest BCUT2D eigenvalue weighted by atomic mass is 19.1. The maximum Gasteiger partial charge on any atom is 0.277 e. The van der Waals surface area contributed by atoms with Crippen LogP contribution in [-0.4, -0.2) is 22.8 Å². The summed E-state index contributed by atoms with van der Waals surface area (Å²) < 4.78 is 18.7. The number of hydrogen-bond donors (Lipinski definition) is 1. The van der Waals surface area contributed by atoms with Crippen molar-refractivity contribution in [1.29, 1.82) is 0 Å². The molecule has 0 aliphatic carbocycles. The minimum absolute atomic E-state index is 0.000389. The first kappa shape index (κ1) is 18.9. The minimum atomic E-state index is -0.394. The van der Waals surface area contributed by atoms with Gasteiger partial charge in [0.1, 0.15) is 11.6 Å². The molecular formula is C22H20FN3O3. The molecule has 0 saturated heterocycles. The maximum absolute atomic E-state index is 13.1. The van der Waals surface area contributed by atoms with Crippen LogP contribution in [0.4, 0.5) is 15.8 Å². The normalized spacial score (nSPS) is 15.3. The molecule has 1 aromatic heterocycles. The Bertz CT molecular complexity index is 1100. The molecule has 1 unspecified atom stereocenters. The number of carbonyl (C=O) groups excluding carboxylic acids is 2. The summed E-state index contributed by atoms with van der Waals surface area (Å²) in [6, 6.07) is 11.3. The Morgan fingerprint density at radius 2 is 1.93 bits per heavy atom. The van der Waals surface area contributed by atoms with Gasteiger partial charge < -0.3 is 14.6 Å². The van der Waals surface area contributed by atoms with E-state index in [-0.39, 0.29) is 29.4 Å². The maximum atomic E-state index is 13.1. The van der Waals surface area contributed by atoms with E-state index in [0.717, 1.165) is 17.7 Å². The van der Waals surface area contributed by atoms with E-state index in [4.69, 9.17) is 4.42 Å². The number of aromatic nitrogens is 1. The molecular weight excluding hydrogens is 373 g/mol. The lowest BCUT2D eigenvalue weighted by Gasteiger charge is -2.20. The molecule has 1 aliphatic heterocycles. The van der Waals surface area contributed by atoms with Gasteiger partial charge in [-0.25, -0.2) is 9.37 Å². The van der Waals surface area contributed by atoms with Crippen molar-refractivity contribution in [3.05, 3.63) is 65.3 Å². The van der Waals surface area contributed by atoms with Gasteiger partial charge in [0.15, 0.2) is 5.69 Å². The number of oxazole rings is 1. The predicted octanol–water partition coefficient (Wildman–Crippen LogP) is 4.34. The van der Waals surface area contributed by atoms with Crippen molar-refractivity contribution in [3.63, 3.8) is 0 Å². The Labute approximate surface area is 167 Å². The van der Waals surface area contributed by atoms with Crippen molar-refractivity contribution in [2.45, 2.75) is 33.2 Å². The second-order valence-electron chi connectivity index (χ2n) is 7.17. The lowest BCUT2D eigenvalue weighted by atomic mass is 10.1. The third kappa shape index (κ3) is 3.51. The molecule has 4 rings (SSSR count). The highest BCUT2D eigenvalue weighted by molar-refractivity contribution is 6.04. The molecule has 6 nitrogen and oxygen atoms in total. The van der Waals surface area contributed by atoms with Crippen LogP contribution in [0.15, 0.2) is 46.9 Å². The third-order valence-electron chi connectivity index (χ3n) is 5.00. The number of nitrogens with one attached hydrogen (secondary N) is 1. The highest BCUT2D eigenvalue weighted by Crippen LogP contribution is 2.34. The largest absolute Gasteiger partial charge is 0.441 e. The summed E-state index contributed by atoms with van der Waals surface area (Å²) in [6.07, 6.45) is 0.732. The Morgan fingerprint density at radius 3 is 2.62 bits per heavy atom. The zero-order chi connectivity index (χ0) is 20.7. The molecule has 2 heterocycles. The summed E-state index contributed by atoms with van der Waals surface area (Å²) in [6.45, 7) is 5.20. The molecule has 2 amide bonds. The van der Waals surface area contributed by atoms with E-state index in [1.54, 1.807) is 36.9 Å². The summed E-state index contributed by atoms with van der Waals surface area (Å²) in [5.74, 6) is -0.121. The number of nitrogens with zero attached hydrogens (tertiary/aromatic N) is 2. The Balaban J connectivity index is 1.56. The van der Waals surface area contributed by atoms with E-state index in [9.17, 15) is 14.0 Å². The molecule has 0 saturated carbocycles. The Kier molecular flexibility index (Phi) is 4.66. The van der Waals surface area contributed by atoms with Gasteiger partial charge in [-0.15, -0.1) is 0 Å². The van der Waals surface area contributed by atoms with Crippen molar-refractivity contribution in [3.8, 4) is 11.5 Å². The van der Waals surface area contributed by atoms with Crippen LogP contribution in [0.2, 0.25) is 0 Å². The first-order valence-corrected chi connectivity index (χ1v) is 9.31. The molecule has 2 aromatic carbocycles. The summed E-state index contributed by atoms with van der Waals surface area (Å²) >= 11 is 0. The fourth-order valence-corrected chi connectivity index (χ4v) is 3.70. The van der Waals surface area contributed by atoms with Gasteiger partial charge >= 0.3 is 0 Å². The van der Waals surface area contributed by atoms with Crippen LogP contribution in [0.25, 0.3) is 11.5 Å². The van der Waals surface area contributed by atoms with Gasteiger partial charge in [0.05, 0.1) is 0 Å². The topological polar surface area (TPSA) is 75.4 Å². The van der Waals surface area contributed by atoms with Gasteiger partial charge in [0, 0.05) is 29.9 Å². The fraction of sp³-hybridized carbons (Fsp3) is 0.227. The van der Waals surface area contributed by atoms with Crippen molar-refractivity contribution < 1.29 is 18.4 Å². The zero-order valence-corrected chi connectivity index (χ0v) is 16.3. The summed E-state index contributed by atoms with van der Waals surface area (Å²) in [5.41, 5.74) is 3.26. The molecule has 0 spiro atoms. The van der Waals surface area contributed by atoms with Crippen LogP contribution in [0.1, 0.15) is 35.7 Å². The first-order valence-electron chi connectivity index (χ1n) is 9.31. The molecule has 0 radical (unpaired) electrons. The van der Waals surface area contributed by atoms with Gasteiger partial charge in [0.2, 0.25) is 11.8 Å². The first-order chi connectivity index (χ1) is 13.8. The number of hydrogen-bond acceptors (Lipinski definition) is 4. The number of fused-ring (bicyclic) bond motifs is 1. The number of carbonyl (C=O) groups is 2. The summed E-state index contributed by atoms with van der Waals surface area (Å²) in [4.78, 5) is 30.6. The zero-order valence-electron chi connectivity index (χ0n) is 16.3. The molecule has 1 N–H and O–H groups in total. The fourth-order valence-electron chi connectivity index (χ4n) is 3.70. The summed E-state index contributed by atoms with van der Waals surface area (Å²) in [5, 5.41) is 2.84. The van der Waals surface area contributed by atoms with Gasteiger partial charge in [-0.2, -0.15) is 0 Å². The molecule has 1 aliphatic rings. The van der Waals surface area contributed by atoms with Crippen molar-refractivity contribution in [1.82, 2.24) is 4.98 Å². The quantitative estimate of drug-likeness (QED) is 0.718. The van der Waals surface area contributed by atoms with Crippen molar-refractivity contribution in [2.75, 3.05) is 10.2 Å². The van der Waals surface area contributed by atoms with Gasteiger partial charge in [-0.3, -0.25) is 9.59 Å². The lowest BCUT2D eigenvalue weighted by molar-refractivity contribution is -0.116. The monoisotopic (exact) mass is 393 g/mol. The molecule has 0 bridgehead atoms. The SMILES string of the molecule is CC(=O)N1c2ccc(NC(=O)c3nc(-c4ccc(F)cc4)oc3C)cc2CC1C. The molecule has 0 fully saturated rings. The average molecular weight is 393 g/mol. The van der Waals surface area contributed by atoms with E-state index in [2.05, 4.69) is 10.3 Å². The van der Waals surface area contributed by atoms with Gasteiger partial charge in [-0.05, 0) is 68.3 Å². The van der Waals surface area contributed by atoms with Crippen LogP contribution < -0.4 is 10.2 Å². The van der Waals surface area contributed by atoms with Crippen LogP contribution in [0.3, 0.4) is 0 Å². The smallest absolute Gasteiger partial charge is 0.277 e. The van der Waals surface area contributed by atoms with Gasteiger partial charge in [0.25, 0.3) is 5.91 Å². The van der Waals surface area contributed by atoms with E-state index >= 15 is 0 Å². The van der Waals surface area contributed by atoms with Gasteiger partial charge in [-0.1, -0.05) is 0 Å². The standard InChI is InChI=1S/C22H20FN3O3/c1-12-10-16-11-18(8-9-19(16)26(12)14(3)27)24-21(28)20-13(2)29-22(25-20)15-4-6-17(23)7-5-15/h4-9,11-12H,10H2,1-3H3,(H,24,28). The highest BCUT2D eigenvalue weighted by Gasteiger charge is 2.29. The number of amides is 2. The number of benzene rings is 2. The van der Waals surface area contributed by atoms with Crippen LogP contribution >= 0.6 is 0 Å². The molecule has 7 heteroatoms. The lowest BCUT2D eigenvalue weighted by Crippen LogP contribution is -2.33. The summed E-state index contributed by atoms with van der Waals surface area (Å²) in [7, 11) is 0. The van der Waals surface area contributed by atoms with E-state index < -0.39 is 5.91 Å². The molecule has 3 aromatic rings. The average Bonchev–Trinajstić information content (AvgIpc) is 3.21. The molecule has 29 heavy (non-hydrogen) atoms. The molecule has 148 valence electrons. The van der Waals surface area contributed by atoms with Crippen molar-refractivity contribution >= 4 is 23.2 Å². The number of aryl methyl sites for hydroxylation is 1. The van der Waals surface area contributed by atoms with Crippen LogP contribution in [-0.2, 0) is 11.2 Å². The second kappa shape index (κ2) is 7.16. The Morgan fingerprint density at radius 1 is 1.21 bits per heavy atom. The van der Waals surface area contributed by atoms with E-state index in [1.807, 2.05) is 19.1 Å². The van der Waals surface area contributed by atoms with Crippen molar-refractivity contribution in [2.24, 2.45) is 0 Å². The molecule has 1 atom stereocenters. The number of rotatable bonds is 3. The van der Waals surface area contributed by atoms with E-state index in [1.165, 1.54) is 12.1 Å². The second-order valence-corrected chi connectivity index (χ2v) is 7.17. The van der Waals surface area contributed by atoms with E-state index in [0.29, 0.717) is 17.0 Å². The predicted molar refractivity (Wildman–Crippen MR) is 107 cm³/mol.